The van der Waals surface area contributed by atoms with Gasteiger partial charge in [-0.05, 0) is 37.5 Å². The van der Waals surface area contributed by atoms with E-state index in [-0.39, 0.29) is 0 Å². The molecule has 1 atom stereocenters. The standard InChI is InChI=1S/C11H16O/c1-9-4-6-11(7-9)5-2-3-10(12)8-11/h1-8H2. The molecule has 0 radical (unpaired) electrons. The molecule has 0 N–H and O–H groups in total. The first-order valence-electron chi connectivity index (χ1n) is 4.89. The molecule has 1 unspecified atom stereocenters. The van der Waals surface area contributed by atoms with Crippen LogP contribution in [0.2, 0.25) is 0 Å². The zero-order valence-corrected chi connectivity index (χ0v) is 7.57. The molecular formula is C11H16O. The van der Waals surface area contributed by atoms with E-state index in [0.717, 1.165) is 32.1 Å². The SMILES string of the molecule is C=C1CCC2(CCCC(=O)C2)C1. The van der Waals surface area contributed by atoms with Crippen molar-refractivity contribution in [2.45, 2.75) is 44.9 Å². The number of ketones is 1. The first kappa shape index (κ1) is 8.03. The van der Waals surface area contributed by atoms with E-state index in [2.05, 4.69) is 6.58 Å². The highest BCUT2D eigenvalue weighted by molar-refractivity contribution is 5.80. The van der Waals surface area contributed by atoms with Crippen LogP contribution in [0.25, 0.3) is 0 Å². The van der Waals surface area contributed by atoms with Crippen molar-refractivity contribution in [3.8, 4) is 0 Å². The van der Waals surface area contributed by atoms with Crippen LogP contribution >= 0.6 is 0 Å². The van der Waals surface area contributed by atoms with Crippen molar-refractivity contribution < 1.29 is 4.79 Å². The van der Waals surface area contributed by atoms with Gasteiger partial charge < -0.3 is 0 Å². The van der Waals surface area contributed by atoms with Gasteiger partial charge in [0.2, 0.25) is 0 Å². The van der Waals surface area contributed by atoms with Gasteiger partial charge in [-0.15, -0.1) is 0 Å². The fourth-order valence-electron chi connectivity index (χ4n) is 2.77. The van der Waals surface area contributed by atoms with Crippen molar-refractivity contribution in [2.24, 2.45) is 5.41 Å². The van der Waals surface area contributed by atoms with Gasteiger partial charge >= 0.3 is 0 Å². The van der Waals surface area contributed by atoms with Crippen molar-refractivity contribution >= 4 is 5.78 Å². The lowest BCUT2D eigenvalue weighted by atomic mass is 9.72. The van der Waals surface area contributed by atoms with Crippen LogP contribution in [0.15, 0.2) is 12.2 Å². The Morgan fingerprint density at radius 3 is 2.58 bits per heavy atom. The number of allylic oxidation sites excluding steroid dienone is 1. The highest BCUT2D eigenvalue weighted by atomic mass is 16.1. The Morgan fingerprint density at radius 2 is 2.00 bits per heavy atom. The van der Waals surface area contributed by atoms with E-state index < -0.39 is 0 Å². The minimum Gasteiger partial charge on any atom is -0.300 e. The molecule has 2 saturated carbocycles. The first-order chi connectivity index (χ1) is 5.70. The van der Waals surface area contributed by atoms with Crippen molar-refractivity contribution in [3.63, 3.8) is 0 Å². The predicted octanol–water partition coefficient (Wildman–Crippen LogP) is 2.86. The fourth-order valence-corrected chi connectivity index (χ4v) is 2.77. The third-order valence-electron chi connectivity index (χ3n) is 3.37. The summed E-state index contributed by atoms with van der Waals surface area (Å²) in [5.41, 5.74) is 1.73. The number of rotatable bonds is 0. The van der Waals surface area contributed by atoms with Gasteiger partial charge in [-0.2, -0.15) is 0 Å². The smallest absolute Gasteiger partial charge is 0.133 e. The van der Waals surface area contributed by atoms with E-state index in [1.165, 1.54) is 18.4 Å². The van der Waals surface area contributed by atoms with Crippen LogP contribution in [0.1, 0.15) is 44.9 Å². The Kier molecular flexibility index (Phi) is 1.82. The number of carbonyl (C=O) groups excluding carboxylic acids is 1. The van der Waals surface area contributed by atoms with E-state index in [9.17, 15) is 4.79 Å². The maximum absolute atomic E-state index is 11.3. The Labute approximate surface area is 73.8 Å². The second-order valence-corrected chi connectivity index (χ2v) is 4.50. The van der Waals surface area contributed by atoms with Crippen LogP contribution in [-0.2, 0) is 4.79 Å². The molecule has 0 saturated heterocycles. The van der Waals surface area contributed by atoms with Gasteiger partial charge in [0.15, 0.2) is 0 Å². The first-order valence-corrected chi connectivity index (χ1v) is 4.89. The van der Waals surface area contributed by atoms with Crippen molar-refractivity contribution in [2.75, 3.05) is 0 Å². The average molecular weight is 164 g/mol. The number of Topliss-reactive ketones (excluding diaryl/α,β-unsaturated/α-hetero) is 1. The van der Waals surface area contributed by atoms with Gasteiger partial charge in [0, 0.05) is 12.8 Å². The average Bonchev–Trinajstić information content (AvgIpc) is 2.32. The summed E-state index contributed by atoms with van der Waals surface area (Å²) >= 11 is 0. The van der Waals surface area contributed by atoms with Crippen molar-refractivity contribution in [1.29, 1.82) is 0 Å². The van der Waals surface area contributed by atoms with Crippen LogP contribution in [0.4, 0.5) is 0 Å². The summed E-state index contributed by atoms with van der Waals surface area (Å²) in [6, 6.07) is 0. The molecule has 0 aliphatic heterocycles. The molecule has 2 aliphatic rings. The van der Waals surface area contributed by atoms with Crippen LogP contribution in [0, 0.1) is 5.41 Å². The van der Waals surface area contributed by atoms with Crippen LogP contribution in [0.5, 0.6) is 0 Å². The summed E-state index contributed by atoms with van der Waals surface area (Å²) in [7, 11) is 0. The second-order valence-electron chi connectivity index (χ2n) is 4.50. The molecule has 0 heterocycles. The van der Waals surface area contributed by atoms with Gasteiger partial charge in [-0.25, -0.2) is 0 Å². The van der Waals surface area contributed by atoms with E-state index in [0.29, 0.717) is 11.2 Å². The minimum atomic E-state index is 0.367. The normalized spacial score (nSPS) is 36.3. The third-order valence-corrected chi connectivity index (χ3v) is 3.37. The van der Waals surface area contributed by atoms with Gasteiger partial charge in [0.05, 0.1) is 0 Å². The summed E-state index contributed by atoms with van der Waals surface area (Å²) in [5.74, 6) is 0.482. The Hall–Kier alpha value is -0.590. The largest absolute Gasteiger partial charge is 0.300 e. The molecule has 12 heavy (non-hydrogen) atoms. The summed E-state index contributed by atoms with van der Waals surface area (Å²) in [5, 5.41) is 0. The van der Waals surface area contributed by atoms with Crippen LogP contribution in [-0.4, -0.2) is 5.78 Å². The van der Waals surface area contributed by atoms with Crippen molar-refractivity contribution in [1.82, 2.24) is 0 Å². The van der Waals surface area contributed by atoms with Gasteiger partial charge in [0.1, 0.15) is 5.78 Å². The molecule has 2 fully saturated rings. The third kappa shape index (κ3) is 1.33. The molecule has 0 amide bonds. The maximum atomic E-state index is 11.3. The van der Waals surface area contributed by atoms with Crippen LogP contribution < -0.4 is 0 Å². The molecule has 0 aromatic carbocycles. The zero-order chi connectivity index (χ0) is 8.60. The molecule has 66 valence electrons. The Bertz CT molecular complexity index is 229. The molecule has 0 aromatic rings. The van der Waals surface area contributed by atoms with E-state index >= 15 is 0 Å². The highest BCUT2D eigenvalue weighted by Crippen LogP contribution is 2.49. The van der Waals surface area contributed by atoms with Crippen molar-refractivity contribution in [3.05, 3.63) is 12.2 Å². The monoisotopic (exact) mass is 164 g/mol. The molecule has 2 rings (SSSR count). The predicted molar refractivity (Wildman–Crippen MR) is 48.9 cm³/mol. The molecule has 1 spiro atoms. The molecule has 0 aromatic heterocycles. The lowest BCUT2D eigenvalue weighted by Gasteiger charge is -2.31. The topological polar surface area (TPSA) is 17.1 Å². The quantitative estimate of drug-likeness (QED) is 0.503. The molecule has 2 aliphatic carbocycles. The maximum Gasteiger partial charge on any atom is 0.133 e. The fraction of sp³-hybridized carbons (Fsp3) is 0.727. The Balaban J connectivity index is 2.10. The van der Waals surface area contributed by atoms with Gasteiger partial charge in [-0.3, -0.25) is 4.79 Å². The lowest BCUT2D eigenvalue weighted by molar-refractivity contribution is -0.123. The summed E-state index contributed by atoms with van der Waals surface area (Å²) in [6.07, 6.45) is 7.55. The van der Waals surface area contributed by atoms with E-state index in [1.807, 2.05) is 0 Å². The number of hydrogen-bond donors (Lipinski definition) is 0. The lowest BCUT2D eigenvalue weighted by Crippen LogP contribution is -2.25. The summed E-state index contributed by atoms with van der Waals surface area (Å²) in [6.45, 7) is 4.02. The van der Waals surface area contributed by atoms with Crippen LogP contribution in [0.3, 0.4) is 0 Å². The van der Waals surface area contributed by atoms with Gasteiger partial charge in [-0.1, -0.05) is 12.2 Å². The highest BCUT2D eigenvalue weighted by Gasteiger charge is 2.39. The molecular weight excluding hydrogens is 148 g/mol. The van der Waals surface area contributed by atoms with Gasteiger partial charge in [0.25, 0.3) is 0 Å². The van der Waals surface area contributed by atoms with E-state index in [4.69, 9.17) is 0 Å². The molecule has 1 heteroatoms. The second kappa shape index (κ2) is 2.72. The molecule has 1 nitrogen and oxygen atoms in total. The summed E-state index contributed by atoms with van der Waals surface area (Å²) in [4.78, 5) is 11.3. The Morgan fingerprint density at radius 1 is 1.17 bits per heavy atom. The van der Waals surface area contributed by atoms with E-state index in [1.54, 1.807) is 0 Å². The zero-order valence-electron chi connectivity index (χ0n) is 7.57. The minimum absolute atomic E-state index is 0.367. The number of hydrogen-bond acceptors (Lipinski definition) is 1. The molecule has 0 bridgehead atoms. The number of carbonyl (C=O) groups is 1. The summed E-state index contributed by atoms with van der Waals surface area (Å²) < 4.78 is 0.